The number of ether oxygens (including phenoxy) is 2. The number of hydrogen-bond acceptors (Lipinski definition) is 4. The molecule has 0 aromatic heterocycles. The average molecular weight is 267 g/mol. The lowest BCUT2D eigenvalue weighted by molar-refractivity contribution is 0.000422. The van der Waals surface area contributed by atoms with Crippen LogP contribution in [0.25, 0.3) is 0 Å². The summed E-state index contributed by atoms with van der Waals surface area (Å²) in [7, 11) is 0. The molecule has 0 radical (unpaired) electrons. The highest BCUT2D eigenvalue weighted by Gasteiger charge is 2.17. The fourth-order valence-electron chi connectivity index (χ4n) is 2.05. The maximum atomic E-state index is 13.0. The van der Waals surface area contributed by atoms with Crippen LogP contribution in [0.2, 0.25) is 0 Å². The summed E-state index contributed by atoms with van der Waals surface area (Å²) in [6, 6.07) is 5.53. The van der Waals surface area contributed by atoms with Crippen LogP contribution in [0.4, 0.5) is 4.39 Å². The minimum atomic E-state index is -0.486. The van der Waals surface area contributed by atoms with Crippen LogP contribution >= 0.6 is 0 Å². The van der Waals surface area contributed by atoms with Crippen molar-refractivity contribution in [2.45, 2.75) is 13.0 Å². The van der Waals surface area contributed by atoms with E-state index in [0.29, 0.717) is 19.8 Å². The summed E-state index contributed by atoms with van der Waals surface area (Å²) in [6.45, 7) is 5.63. The summed E-state index contributed by atoms with van der Waals surface area (Å²) >= 11 is 0. The van der Waals surface area contributed by atoms with Gasteiger partial charge in [-0.3, -0.25) is 4.90 Å². The number of morpholine rings is 1. The maximum absolute atomic E-state index is 13.0. The number of nitrogens with zero attached hydrogens (tertiary/aromatic N) is 1. The summed E-state index contributed by atoms with van der Waals surface area (Å²) in [5.41, 5.74) is 0.244. The number of carbonyl (C=O) groups is 1. The molecule has 1 unspecified atom stereocenters. The molecular formula is C14H18FNO3. The predicted octanol–water partition coefficient (Wildman–Crippen LogP) is 1.70. The fourth-order valence-corrected chi connectivity index (χ4v) is 2.05. The van der Waals surface area contributed by atoms with Crippen molar-refractivity contribution in [3.05, 3.63) is 35.6 Å². The molecule has 1 heterocycles. The van der Waals surface area contributed by atoms with Gasteiger partial charge in [0, 0.05) is 19.6 Å². The summed E-state index contributed by atoms with van der Waals surface area (Å²) in [4.78, 5) is 14.0. The summed E-state index contributed by atoms with van der Waals surface area (Å²) in [6.07, 6.45) is -0.228. The van der Waals surface area contributed by atoms with Gasteiger partial charge < -0.3 is 9.47 Å². The number of halogens is 1. The second-order valence-electron chi connectivity index (χ2n) is 4.64. The molecule has 0 spiro atoms. The van der Waals surface area contributed by atoms with Crippen LogP contribution in [0, 0.1) is 5.82 Å². The van der Waals surface area contributed by atoms with Crippen LogP contribution in [-0.2, 0) is 9.47 Å². The van der Waals surface area contributed by atoms with Crippen LogP contribution in [0.1, 0.15) is 17.3 Å². The first kappa shape index (κ1) is 14.0. The van der Waals surface area contributed by atoms with Crippen LogP contribution < -0.4 is 0 Å². The van der Waals surface area contributed by atoms with Gasteiger partial charge in [0.25, 0.3) is 0 Å². The molecule has 0 bridgehead atoms. The second kappa shape index (κ2) is 6.63. The highest BCUT2D eigenvalue weighted by Crippen LogP contribution is 2.08. The van der Waals surface area contributed by atoms with Gasteiger partial charge in [-0.15, -0.1) is 0 Å². The van der Waals surface area contributed by atoms with E-state index in [1.807, 2.05) is 6.92 Å². The third kappa shape index (κ3) is 4.29. The molecule has 1 aliphatic rings. The van der Waals surface area contributed by atoms with Crippen molar-refractivity contribution in [2.75, 3.05) is 32.8 Å². The first-order valence-corrected chi connectivity index (χ1v) is 6.42. The lowest BCUT2D eigenvalue weighted by Gasteiger charge is -2.28. The monoisotopic (exact) mass is 267 g/mol. The SMILES string of the molecule is CC(CN1CCOCC1)OC(=O)c1cccc(F)c1. The standard InChI is InChI=1S/C14H18FNO3/c1-11(10-16-5-7-18-8-6-16)19-14(17)12-3-2-4-13(15)9-12/h2-4,9,11H,5-8,10H2,1H3. The van der Waals surface area contributed by atoms with Gasteiger partial charge in [-0.25, -0.2) is 9.18 Å². The molecule has 1 aromatic rings. The molecule has 2 rings (SSSR count). The van der Waals surface area contributed by atoms with Crippen molar-refractivity contribution in [3.63, 3.8) is 0 Å². The number of esters is 1. The molecule has 1 saturated heterocycles. The molecular weight excluding hydrogens is 249 g/mol. The van der Waals surface area contributed by atoms with E-state index in [1.54, 1.807) is 6.07 Å². The van der Waals surface area contributed by atoms with Crippen LogP contribution in [-0.4, -0.2) is 49.8 Å². The van der Waals surface area contributed by atoms with Crippen molar-refractivity contribution < 1.29 is 18.7 Å². The lowest BCUT2D eigenvalue weighted by Crippen LogP contribution is -2.41. The van der Waals surface area contributed by atoms with Crippen molar-refractivity contribution in [1.29, 1.82) is 0 Å². The second-order valence-corrected chi connectivity index (χ2v) is 4.64. The summed E-state index contributed by atoms with van der Waals surface area (Å²) < 4.78 is 23.6. The summed E-state index contributed by atoms with van der Waals surface area (Å²) in [5, 5.41) is 0. The molecule has 1 aromatic carbocycles. The van der Waals surface area contributed by atoms with E-state index >= 15 is 0 Å². The molecule has 0 N–H and O–H groups in total. The molecule has 1 atom stereocenters. The zero-order valence-electron chi connectivity index (χ0n) is 11.0. The van der Waals surface area contributed by atoms with Gasteiger partial charge in [0.05, 0.1) is 18.8 Å². The average Bonchev–Trinajstić information content (AvgIpc) is 2.39. The predicted molar refractivity (Wildman–Crippen MR) is 68.5 cm³/mol. The Morgan fingerprint density at radius 1 is 1.47 bits per heavy atom. The van der Waals surface area contributed by atoms with Gasteiger partial charge in [-0.05, 0) is 25.1 Å². The first-order chi connectivity index (χ1) is 9.15. The Labute approximate surface area is 112 Å². The van der Waals surface area contributed by atoms with Crippen molar-refractivity contribution >= 4 is 5.97 Å². The minimum absolute atomic E-state index is 0.228. The molecule has 19 heavy (non-hydrogen) atoms. The zero-order chi connectivity index (χ0) is 13.7. The highest BCUT2D eigenvalue weighted by molar-refractivity contribution is 5.89. The van der Waals surface area contributed by atoms with E-state index in [0.717, 1.165) is 13.1 Å². The summed E-state index contributed by atoms with van der Waals surface area (Å²) in [5.74, 6) is -0.921. The van der Waals surface area contributed by atoms with E-state index in [4.69, 9.17) is 9.47 Å². The molecule has 5 heteroatoms. The molecule has 1 aliphatic heterocycles. The highest BCUT2D eigenvalue weighted by atomic mass is 19.1. The Kier molecular flexibility index (Phi) is 4.87. The topological polar surface area (TPSA) is 38.8 Å². The Bertz CT molecular complexity index is 432. The van der Waals surface area contributed by atoms with E-state index < -0.39 is 11.8 Å². The zero-order valence-corrected chi connectivity index (χ0v) is 11.0. The van der Waals surface area contributed by atoms with Crippen molar-refractivity contribution in [3.8, 4) is 0 Å². The number of benzene rings is 1. The fraction of sp³-hybridized carbons (Fsp3) is 0.500. The van der Waals surface area contributed by atoms with Gasteiger partial charge >= 0.3 is 5.97 Å². The Hall–Kier alpha value is -1.46. The third-order valence-corrected chi connectivity index (χ3v) is 2.99. The number of hydrogen-bond donors (Lipinski definition) is 0. The third-order valence-electron chi connectivity index (χ3n) is 2.99. The van der Waals surface area contributed by atoms with Crippen LogP contribution in [0.15, 0.2) is 24.3 Å². The smallest absolute Gasteiger partial charge is 0.338 e. The lowest BCUT2D eigenvalue weighted by atomic mass is 10.2. The Morgan fingerprint density at radius 3 is 2.89 bits per heavy atom. The first-order valence-electron chi connectivity index (χ1n) is 6.42. The molecule has 4 nitrogen and oxygen atoms in total. The van der Waals surface area contributed by atoms with E-state index in [-0.39, 0.29) is 11.7 Å². The van der Waals surface area contributed by atoms with Crippen LogP contribution in [0.5, 0.6) is 0 Å². The van der Waals surface area contributed by atoms with Gasteiger partial charge in [0.1, 0.15) is 11.9 Å². The molecule has 1 fully saturated rings. The molecule has 0 saturated carbocycles. The van der Waals surface area contributed by atoms with Crippen molar-refractivity contribution in [2.24, 2.45) is 0 Å². The molecule has 0 amide bonds. The normalized spacial score (nSPS) is 18.0. The van der Waals surface area contributed by atoms with Crippen LogP contribution in [0.3, 0.4) is 0 Å². The van der Waals surface area contributed by atoms with E-state index in [1.165, 1.54) is 18.2 Å². The molecule has 0 aliphatic carbocycles. The molecule has 104 valence electrons. The largest absolute Gasteiger partial charge is 0.458 e. The van der Waals surface area contributed by atoms with Gasteiger partial charge in [-0.2, -0.15) is 0 Å². The van der Waals surface area contributed by atoms with E-state index in [2.05, 4.69) is 4.90 Å². The van der Waals surface area contributed by atoms with E-state index in [9.17, 15) is 9.18 Å². The minimum Gasteiger partial charge on any atom is -0.458 e. The van der Waals surface area contributed by atoms with Gasteiger partial charge in [-0.1, -0.05) is 6.07 Å². The number of carbonyl (C=O) groups excluding carboxylic acids is 1. The van der Waals surface area contributed by atoms with Crippen molar-refractivity contribution in [1.82, 2.24) is 4.90 Å². The Balaban J connectivity index is 1.84. The Morgan fingerprint density at radius 2 is 2.21 bits per heavy atom. The quantitative estimate of drug-likeness (QED) is 0.778. The van der Waals surface area contributed by atoms with Gasteiger partial charge in [0.15, 0.2) is 0 Å². The van der Waals surface area contributed by atoms with Gasteiger partial charge in [0.2, 0.25) is 0 Å². The maximum Gasteiger partial charge on any atom is 0.338 e. The number of rotatable bonds is 4.